The van der Waals surface area contributed by atoms with Gasteiger partial charge in [-0.15, -0.1) is 0 Å². The zero-order valence-corrected chi connectivity index (χ0v) is 23.0. The first-order valence-corrected chi connectivity index (χ1v) is 13.2. The molecule has 1 fully saturated rings. The van der Waals surface area contributed by atoms with Crippen LogP contribution >= 0.6 is 11.8 Å². The average Bonchev–Trinajstić information content (AvgIpc) is 3.42. The highest BCUT2D eigenvalue weighted by molar-refractivity contribution is 8.03. The summed E-state index contributed by atoms with van der Waals surface area (Å²) in [6.07, 6.45) is 0. The third-order valence-electron chi connectivity index (χ3n) is 7.52. The summed E-state index contributed by atoms with van der Waals surface area (Å²) in [5.74, 6) is -2.61. The summed E-state index contributed by atoms with van der Waals surface area (Å²) in [5.41, 5.74) is 1.82. The number of amides is 1. The van der Waals surface area contributed by atoms with Crippen molar-refractivity contribution in [3.63, 3.8) is 0 Å². The molecule has 0 N–H and O–H groups in total. The van der Waals surface area contributed by atoms with E-state index in [9.17, 15) is 19.2 Å². The van der Waals surface area contributed by atoms with E-state index in [2.05, 4.69) is 0 Å². The second-order valence-electron chi connectivity index (χ2n) is 9.26. The van der Waals surface area contributed by atoms with Crippen molar-refractivity contribution in [1.82, 2.24) is 9.80 Å². The van der Waals surface area contributed by atoms with Gasteiger partial charge in [0.1, 0.15) is 5.57 Å². The molecule has 1 amide bonds. The van der Waals surface area contributed by atoms with Crippen molar-refractivity contribution >= 4 is 35.6 Å². The zero-order chi connectivity index (χ0) is 28.1. The van der Waals surface area contributed by atoms with Crippen LogP contribution in [0.3, 0.4) is 0 Å². The normalized spacial score (nSPS) is 25.6. The summed E-state index contributed by atoms with van der Waals surface area (Å²) in [5, 5.41) is 0. The lowest BCUT2D eigenvalue weighted by Crippen LogP contribution is -2.64. The number of likely N-dealkylation sites (N-methyl/N-ethyl adjacent to an activating group) is 1. The molecule has 3 heterocycles. The Morgan fingerprint density at radius 2 is 1.46 bits per heavy atom. The third-order valence-corrected chi connectivity index (χ3v) is 9.40. The number of rotatable bonds is 6. The Balaban J connectivity index is 1.92. The molecule has 1 spiro atoms. The number of fused-ring (bicyclic) bond motifs is 1. The molecule has 5 rings (SSSR count). The summed E-state index contributed by atoms with van der Waals surface area (Å²) in [4.78, 5) is 57.1. The summed E-state index contributed by atoms with van der Waals surface area (Å²) >= 11 is 1.15. The fraction of sp³-hybridized carbons (Fsp3) is 0.310. The van der Waals surface area contributed by atoms with E-state index in [4.69, 9.17) is 14.2 Å². The summed E-state index contributed by atoms with van der Waals surface area (Å²) in [6.45, 7) is 3.60. The fourth-order valence-electron chi connectivity index (χ4n) is 5.81. The molecule has 39 heavy (non-hydrogen) atoms. The molecule has 2 aromatic carbocycles. The molecule has 0 aliphatic carbocycles. The number of allylic oxidation sites excluding steroid dienone is 1. The van der Waals surface area contributed by atoms with Gasteiger partial charge in [-0.2, -0.15) is 0 Å². The molecule has 0 saturated carbocycles. The summed E-state index contributed by atoms with van der Waals surface area (Å²) in [7, 11) is 4.12. The maximum absolute atomic E-state index is 14.9. The molecule has 3 atom stereocenters. The van der Waals surface area contributed by atoms with Crippen LogP contribution in [0.15, 0.2) is 83.1 Å². The van der Waals surface area contributed by atoms with E-state index in [0.717, 1.165) is 11.8 Å². The second-order valence-corrected chi connectivity index (χ2v) is 10.6. The van der Waals surface area contributed by atoms with Gasteiger partial charge in [0, 0.05) is 12.7 Å². The summed E-state index contributed by atoms with van der Waals surface area (Å²) in [6, 6.07) is 17.0. The van der Waals surface area contributed by atoms with E-state index in [0.29, 0.717) is 16.8 Å². The van der Waals surface area contributed by atoms with Crippen LogP contribution in [0.1, 0.15) is 31.0 Å². The van der Waals surface area contributed by atoms with E-state index in [1.54, 1.807) is 56.1 Å². The number of nitrogens with zero attached hydrogens (tertiary/aromatic N) is 2. The fourth-order valence-corrected chi connectivity index (χ4v) is 7.81. The number of hydrogen-bond acceptors (Lipinski definition) is 9. The van der Waals surface area contributed by atoms with Gasteiger partial charge in [-0.3, -0.25) is 9.69 Å². The molecule has 1 saturated heterocycles. The number of carbonyl (C=O) groups excluding carboxylic acids is 4. The lowest BCUT2D eigenvalue weighted by atomic mass is 9.78. The van der Waals surface area contributed by atoms with Gasteiger partial charge < -0.3 is 19.1 Å². The number of methoxy groups -OCH3 is 2. The number of benzene rings is 2. The lowest BCUT2D eigenvalue weighted by Gasteiger charge is -2.53. The first-order chi connectivity index (χ1) is 18.7. The second kappa shape index (κ2) is 9.60. The van der Waals surface area contributed by atoms with E-state index in [-0.39, 0.29) is 23.3 Å². The molecular weight excluding hydrogens is 520 g/mol. The minimum Gasteiger partial charge on any atom is -0.466 e. The number of ether oxygens (including phenoxy) is 3. The molecule has 0 unspecified atom stereocenters. The highest BCUT2D eigenvalue weighted by atomic mass is 32.2. The molecule has 10 heteroatoms. The Labute approximate surface area is 230 Å². The predicted octanol–water partition coefficient (Wildman–Crippen LogP) is 3.29. The molecule has 0 aromatic heterocycles. The van der Waals surface area contributed by atoms with Gasteiger partial charge in [0.25, 0.3) is 5.91 Å². The number of hydrogen-bond donors (Lipinski definition) is 0. The van der Waals surface area contributed by atoms with E-state index >= 15 is 0 Å². The minimum atomic E-state index is -1.64. The van der Waals surface area contributed by atoms with Crippen molar-refractivity contribution in [3.05, 3.63) is 94.2 Å². The van der Waals surface area contributed by atoms with Crippen LogP contribution in [0.5, 0.6) is 0 Å². The largest absolute Gasteiger partial charge is 0.466 e. The number of carbonyl (C=O) groups is 4. The van der Waals surface area contributed by atoms with Gasteiger partial charge in [0.2, 0.25) is 4.99 Å². The highest BCUT2D eigenvalue weighted by Gasteiger charge is 2.78. The molecular formula is C29H28N2O7S. The standard InChI is InChI=1S/C29H28N2O7S/c1-6-38-24(32)20-17(2)30(3)29-22(26(34)37-5)21(25(33)36-4)28(39-29,19-15-11-8-12-16-19)27(35)31(29)23(20)18-13-9-7-10-14-18/h7-16,23H,6H2,1-5H3/t23-,28+,29+/m1/s1. The van der Waals surface area contributed by atoms with Crippen molar-refractivity contribution < 1.29 is 33.4 Å². The summed E-state index contributed by atoms with van der Waals surface area (Å²) < 4.78 is 14.2. The lowest BCUT2D eigenvalue weighted by molar-refractivity contribution is -0.151. The van der Waals surface area contributed by atoms with Gasteiger partial charge in [-0.05, 0) is 25.0 Å². The maximum Gasteiger partial charge on any atom is 0.339 e. The number of thioether (sulfide) groups is 1. The first-order valence-electron chi connectivity index (χ1n) is 12.4. The van der Waals surface area contributed by atoms with Crippen LogP contribution in [0.25, 0.3) is 0 Å². The van der Waals surface area contributed by atoms with Crippen molar-refractivity contribution in [2.75, 3.05) is 27.9 Å². The Bertz CT molecular complexity index is 1440. The smallest absolute Gasteiger partial charge is 0.339 e. The van der Waals surface area contributed by atoms with E-state index in [1.165, 1.54) is 19.1 Å². The zero-order valence-electron chi connectivity index (χ0n) is 22.2. The first kappa shape index (κ1) is 26.6. The third kappa shape index (κ3) is 3.40. The van der Waals surface area contributed by atoms with Crippen molar-refractivity contribution in [2.45, 2.75) is 29.6 Å². The molecule has 202 valence electrons. The molecule has 9 nitrogen and oxygen atoms in total. The molecule has 2 bridgehead atoms. The molecule has 3 aliphatic heterocycles. The molecule has 3 aliphatic rings. The van der Waals surface area contributed by atoms with Crippen LogP contribution in [0.2, 0.25) is 0 Å². The minimum absolute atomic E-state index is 0.0176. The Hall–Kier alpha value is -4.05. The van der Waals surface area contributed by atoms with Crippen molar-refractivity contribution in [3.8, 4) is 0 Å². The Morgan fingerprint density at radius 3 is 2.03 bits per heavy atom. The van der Waals surface area contributed by atoms with Gasteiger partial charge in [0.05, 0.1) is 38.0 Å². The van der Waals surface area contributed by atoms with Crippen molar-refractivity contribution in [2.24, 2.45) is 0 Å². The Kier molecular flexibility index (Phi) is 6.54. The van der Waals surface area contributed by atoms with Gasteiger partial charge in [-0.25, -0.2) is 14.4 Å². The monoisotopic (exact) mass is 548 g/mol. The average molecular weight is 549 g/mol. The molecule has 0 radical (unpaired) electrons. The maximum atomic E-state index is 14.9. The van der Waals surface area contributed by atoms with E-state index in [1.807, 2.05) is 30.3 Å². The van der Waals surface area contributed by atoms with Gasteiger partial charge in [0.15, 0.2) is 4.75 Å². The van der Waals surface area contributed by atoms with Gasteiger partial charge >= 0.3 is 17.9 Å². The SMILES string of the molecule is CCOC(=O)C1=C(C)N(C)[C@]23S[C@](c4ccccc4)(C(=O)N2[C@@H]1c1ccccc1)C(C(=O)OC)=C3C(=O)OC. The van der Waals surface area contributed by atoms with Crippen LogP contribution in [-0.2, 0) is 38.1 Å². The van der Waals surface area contributed by atoms with Crippen LogP contribution in [0, 0.1) is 0 Å². The van der Waals surface area contributed by atoms with Gasteiger partial charge in [-0.1, -0.05) is 72.4 Å². The van der Waals surface area contributed by atoms with Crippen LogP contribution in [-0.4, -0.2) is 66.5 Å². The van der Waals surface area contributed by atoms with Crippen LogP contribution < -0.4 is 0 Å². The quantitative estimate of drug-likeness (QED) is 0.397. The van der Waals surface area contributed by atoms with Crippen LogP contribution in [0.4, 0.5) is 0 Å². The topological polar surface area (TPSA) is 102 Å². The number of esters is 3. The van der Waals surface area contributed by atoms with Crippen molar-refractivity contribution in [1.29, 1.82) is 0 Å². The highest BCUT2D eigenvalue weighted by Crippen LogP contribution is 2.71. The molecule has 2 aromatic rings. The Morgan fingerprint density at radius 1 is 0.897 bits per heavy atom. The predicted molar refractivity (Wildman–Crippen MR) is 143 cm³/mol. The van der Waals surface area contributed by atoms with E-state index < -0.39 is 39.6 Å².